The van der Waals surface area contributed by atoms with Crippen molar-refractivity contribution in [3.05, 3.63) is 23.2 Å². The Morgan fingerprint density at radius 1 is 1.24 bits per heavy atom. The molecule has 2 heterocycles. The van der Waals surface area contributed by atoms with Crippen LogP contribution in [0.1, 0.15) is 54.4 Å². The SMILES string of the molecule is CC.CC.CCC1=C(/C=C(/N)CC)OCC2COCCN12. The van der Waals surface area contributed by atoms with Gasteiger partial charge < -0.3 is 20.1 Å². The van der Waals surface area contributed by atoms with Crippen molar-refractivity contribution >= 4 is 0 Å². The first-order valence-electron chi connectivity index (χ1n) is 8.42. The second-order valence-electron chi connectivity index (χ2n) is 4.47. The molecule has 0 aromatic rings. The van der Waals surface area contributed by atoms with E-state index in [4.69, 9.17) is 15.2 Å². The van der Waals surface area contributed by atoms with E-state index in [0.717, 1.165) is 44.1 Å². The van der Waals surface area contributed by atoms with Gasteiger partial charge in [-0.05, 0) is 12.8 Å². The zero-order valence-electron chi connectivity index (χ0n) is 14.7. The van der Waals surface area contributed by atoms with Crippen LogP contribution in [0, 0.1) is 0 Å². The number of nitrogens with zero attached hydrogens (tertiary/aromatic N) is 1. The van der Waals surface area contributed by atoms with Crippen LogP contribution in [0.4, 0.5) is 0 Å². The van der Waals surface area contributed by atoms with Gasteiger partial charge in [0.05, 0.1) is 25.0 Å². The van der Waals surface area contributed by atoms with E-state index >= 15 is 0 Å². The number of ether oxygens (including phenoxy) is 2. The lowest BCUT2D eigenvalue weighted by Crippen LogP contribution is -2.49. The van der Waals surface area contributed by atoms with Crippen molar-refractivity contribution in [2.75, 3.05) is 26.4 Å². The lowest BCUT2D eigenvalue weighted by molar-refractivity contribution is -0.0361. The van der Waals surface area contributed by atoms with E-state index < -0.39 is 0 Å². The second-order valence-corrected chi connectivity index (χ2v) is 4.47. The monoisotopic (exact) mass is 298 g/mol. The van der Waals surface area contributed by atoms with Crippen LogP contribution in [-0.2, 0) is 9.47 Å². The van der Waals surface area contributed by atoms with E-state index in [1.807, 2.05) is 33.8 Å². The lowest BCUT2D eigenvalue weighted by atomic mass is 10.1. The van der Waals surface area contributed by atoms with Gasteiger partial charge in [-0.25, -0.2) is 0 Å². The lowest BCUT2D eigenvalue weighted by Gasteiger charge is -2.42. The highest BCUT2D eigenvalue weighted by atomic mass is 16.5. The minimum atomic E-state index is 0.374. The fourth-order valence-electron chi connectivity index (χ4n) is 2.33. The van der Waals surface area contributed by atoms with E-state index in [1.54, 1.807) is 0 Å². The quantitative estimate of drug-likeness (QED) is 0.864. The summed E-state index contributed by atoms with van der Waals surface area (Å²) in [5, 5.41) is 0. The number of allylic oxidation sites excluding steroid dienone is 3. The number of hydrogen-bond donors (Lipinski definition) is 1. The van der Waals surface area contributed by atoms with Crippen LogP contribution in [-0.4, -0.2) is 37.3 Å². The highest BCUT2D eigenvalue weighted by Crippen LogP contribution is 2.27. The molecule has 0 saturated carbocycles. The number of morpholine rings is 1. The minimum Gasteiger partial charge on any atom is -0.489 e. The third-order valence-corrected chi connectivity index (χ3v) is 3.35. The predicted octanol–water partition coefficient (Wildman–Crippen LogP) is 3.64. The fourth-order valence-corrected chi connectivity index (χ4v) is 2.33. The maximum Gasteiger partial charge on any atom is 0.140 e. The molecular formula is C17H34N2O2. The smallest absolute Gasteiger partial charge is 0.140 e. The van der Waals surface area contributed by atoms with Crippen molar-refractivity contribution in [3.63, 3.8) is 0 Å². The molecule has 0 radical (unpaired) electrons. The molecule has 0 spiro atoms. The molecule has 4 nitrogen and oxygen atoms in total. The van der Waals surface area contributed by atoms with Crippen molar-refractivity contribution in [2.24, 2.45) is 5.73 Å². The molecule has 0 amide bonds. The average molecular weight is 298 g/mol. The van der Waals surface area contributed by atoms with Crippen LogP contribution in [0.15, 0.2) is 23.2 Å². The summed E-state index contributed by atoms with van der Waals surface area (Å²) in [6.45, 7) is 15.4. The van der Waals surface area contributed by atoms with Crippen LogP contribution < -0.4 is 5.73 Å². The molecule has 1 atom stereocenters. The Bertz CT molecular complexity index is 338. The summed E-state index contributed by atoms with van der Waals surface area (Å²) in [6, 6.07) is 0.374. The molecule has 0 bridgehead atoms. The van der Waals surface area contributed by atoms with Gasteiger partial charge in [0.1, 0.15) is 12.4 Å². The van der Waals surface area contributed by atoms with E-state index in [-0.39, 0.29) is 0 Å². The van der Waals surface area contributed by atoms with Gasteiger partial charge in [0.25, 0.3) is 0 Å². The first-order valence-corrected chi connectivity index (χ1v) is 8.42. The summed E-state index contributed by atoms with van der Waals surface area (Å²) >= 11 is 0. The molecule has 2 N–H and O–H groups in total. The van der Waals surface area contributed by atoms with Crippen molar-refractivity contribution in [1.82, 2.24) is 4.90 Å². The Hall–Kier alpha value is -1.16. The molecule has 0 aromatic carbocycles. The van der Waals surface area contributed by atoms with Gasteiger partial charge in [-0.3, -0.25) is 0 Å². The third kappa shape index (κ3) is 5.62. The summed E-state index contributed by atoms with van der Waals surface area (Å²) in [6.07, 6.45) is 3.81. The highest BCUT2D eigenvalue weighted by molar-refractivity contribution is 5.25. The Morgan fingerprint density at radius 3 is 2.48 bits per heavy atom. The Kier molecular flexibility index (Phi) is 10.9. The van der Waals surface area contributed by atoms with Gasteiger partial charge >= 0.3 is 0 Å². The molecule has 0 aromatic heterocycles. The molecule has 21 heavy (non-hydrogen) atoms. The molecular weight excluding hydrogens is 264 g/mol. The molecule has 4 heteroatoms. The van der Waals surface area contributed by atoms with Crippen LogP contribution in [0.5, 0.6) is 0 Å². The molecule has 1 saturated heterocycles. The molecule has 1 unspecified atom stereocenters. The number of hydrogen-bond acceptors (Lipinski definition) is 4. The Morgan fingerprint density at radius 2 is 1.90 bits per heavy atom. The molecule has 0 aliphatic carbocycles. The fraction of sp³-hybridized carbons (Fsp3) is 0.765. The number of fused-ring (bicyclic) bond motifs is 1. The molecule has 2 aliphatic heterocycles. The van der Waals surface area contributed by atoms with Gasteiger partial charge in [-0.15, -0.1) is 0 Å². The summed E-state index contributed by atoms with van der Waals surface area (Å²) < 4.78 is 11.3. The van der Waals surface area contributed by atoms with Crippen molar-refractivity contribution in [1.29, 1.82) is 0 Å². The Labute approximate surface area is 131 Å². The predicted molar refractivity (Wildman–Crippen MR) is 89.8 cm³/mol. The van der Waals surface area contributed by atoms with Crippen LogP contribution in [0.25, 0.3) is 0 Å². The molecule has 124 valence electrons. The van der Waals surface area contributed by atoms with Crippen LogP contribution in [0.3, 0.4) is 0 Å². The van der Waals surface area contributed by atoms with Crippen molar-refractivity contribution in [3.8, 4) is 0 Å². The van der Waals surface area contributed by atoms with Gasteiger partial charge in [-0.1, -0.05) is 41.5 Å². The van der Waals surface area contributed by atoms with Gasteiger partial charge in [0.2, 0.25) is 0 Å². The minimum absolute atomic E-state index is 0.374. The van der Waals surface area contributed by atoms with Crippen LogP contribution >= 0.6 is 0 Å². The maximum atomic E-state index is 5.89. The molecule has 1 fully saturated rings. The first kappa shape index (κ1) is 19.8. The standard InChI is InChI=1S/C13H22N2O2.2C2H6/c1-3-10(14)7-13-12(4-2)15-5-6-16-8-11(15)9-17-13;2*1-2/h7,11H,3-6,8-9,14H2,1-2H3;2*1-2H3/b10-7+;;. The average Bonchev–Trinajstić information content (AvgIpc) is 2.58. The van der Waals surface area contributed by atoms with Crippen LogP contribution in [0.2, 0.25) is 0 Å². The van der Waals surface area contributed by atoms with E-state index in [0.29, 0.717) is 12.6 Å². The summed E-state index contributed by atoms with van der Waals surface area (Å²) in [4.78, 5) is 2.42. The van der Waals surface area contributed by atoms with E-state index in [1.165, 1.54) is 5.70 Å². The van der Waals surface area contributed by atoms with Crippen molar-refractivity contribution < 1.29 is 9.47 Å². The third-order valence-electron chi connectivity index (χ3n) is 3.35. The zero-order valence-corrected chi connectivity index (χ0v) is 14.7. The van der Waals surface area contributed by atoms with Gasteiger partial charge in [0.15, 0.2) is 0 Å². The zero-order chi connectivity index (χ0) is 16.3. The summed E-state index contributed by atoms with van der Waals surface area (Å²) in [5.41, 5.74) is 8.03. The topological polar surface area (TPSA) is 47.7 Å². The molecule has 2 rings (SSSR count). The Balaban J connectivity index is 0.000000921. The highest BCUT2D eigenvalue weighted by Gasteiger charge is 2.30. The maximum absolute atomic E-state index is 5.89. The normalized spacial score (nSPS) is 21.3. The summed E-state index contributed by atoms with van der Waals surface area (Å²) in [7, 11) is 0. The van der Waals surface area contributed by atoms with E-state index in [9.17, 15) is 0 Å². The second kappa shape index (κ2) is 11.5. The largest absolute Gasteiger partial charge is 0.489 e. The van der Waals surface area contributed by atoms with E-state index in [2.05, 4.69) is 18.7 Å². The molecule has 2 aliphatic rings. The summed E-state index contributed by atoms with van der Waals surface area (Å²) in [5.74, 6) is 0.949. The number of rotatable bonds is 3. The van der Waals surface area contributed by atoms with Gasteiger partial charge in [-0.2, -0.15) is 0 Å². The van der Waals surface area contributed by atoms with Gasteiger partial charge in [0, 0.05) is 18.3 Å². The van der Waals surface area contributed by atoms with Crippen molar-refractivity contribution in [2.45, 2.75) is 60.4 Å². The number of nitrogens with two attached hydrogens (primary N) is 1. The first-order chi connectivity index (χ1) is 10.3.